The zero-order chi connectivity index (χ0) is 14.7. The van der Waals surface area contributed by atoms with Gasteiger partial charge < -0.3 is 5.32 Å². The minimum Gasteiger partial charge on any atom is -0.381 e. The van der Waals surface area contributed by atoms with Crippen molar-refractivity contribution < 1.29 is 0 Å². The molecule has 0 saturated heterocycles. The van der Waals surface area contributed by atoms with Crippen LogP contribution in [0.2, 0.25) is 5.02 Å². The van der Waals surface area contributed by atoms with Gasteiger partial charge >= 0.3 is 0 Å². The fourth-order valence-electron chi connectivity index (χ4n) is 3.15. The number of nitrogens with one attached hydrogen (secondary N) is 1. The van der Waals surface area contributed by atoms with Gasteiger partial charge in [0.1, 0.15) is 12.7 Å². The third kappa shape index (κ3) is 3.38. The van der Waals surface area contributed by atoms with Crippen molar-refractivity contribution in [1.82, 2.24) is 14.8 Å². The molecule has 5 heteroatoms. The van der Waals surface area contributed by atoms with E-state index in [1.54, 1.807) is 17.3 Å². The van der Waals surface area contributed by atoms with Crippen LogP contribution < -0.4 is 5.32 Å². The van der Waals surface area contributed by atoms with Crippen molar-refractivity contribution in [2.45, 2.75) is 45.1 Å². The van der Waals surface area contributed by atoms with Crippen molar-refractivity contribution in [1.29, 1.82) is 0 Å². The number of nitrogens with zero attached hydrogens (tertiary/aromatic N) is 3. The second-order valence-electron chi connectivity index (χ2n) is 5.83. The molecule has 0 aliphatic heterocycles. The summed E-state index contributed by atoms with van der Waals surface area (Å²) in [7, 11) is 0. The number of rotatable bonds is 4. The van der Waals surface area contributed by atoms with Gasteiger partial charge in [0.15, 0.2) is 0 Å². The van der Waals surface area contributed by atoms with Crippen molar-refractivity contribution in [3.63, 3.8) is 0 Å². The molecule has 1 atom stereocenters. The summed E-state index contributed by atoms with van der Waals surface area (Å²) < 4.78 is 1.77. The summed E-state index contributed by atoms with van der Waals surface area (Å²) in [5.74, 6) is 0.737. The van der Waals surface area contributed by atoms with Crippen LogP contribution in [0.3, 0.4) is 0 Å². The molecule has 1 unspecified atom stereocenters. The quantitative estimate of drug-likeness (QED) is 0.915. The van der Waals surface area contributed by atoms with E-state index in [1.807, 2.05) is 18.2 Å². The van der Waals surface area contributed by atoms with Crippen molar-refractivity contribution in [2.75, 3.05) is 5.32 Å². The molecule has 1 fully saturated rings. The fourth-order valence-corrected chi connectivity index (χ4v) is 3.33. The number of hydrogen-bond donors (Lipinski definition) is 1. The highest BCUT2D eigenvalue weighted by molar-refractivity contribution is 6.31. The fraction of sp³-hybridized carbons (Fsp3) is 0.500. The van der Waals surface area contributed by atoms with Crippen LogP contribution in [-0.4, -0.2) is 20.8 Å². The molecule has 0 radical (unpaired) electrons. The predicted molar refractivity (Wildman–Crippen MR) is 86.0 cm³/mol. The van der Waals surface area contributed by atoms with E-state index in [0.717, 1.165) is 22.3 Å². The average molecular weight is 305 g/mol. The smallest absolute Gasteiger partial charge is 0.138 e. The van der Waals surface area contributed by atoms with Gasteiger partial charge in [-0.15, -0.1) is 0 Å². The van der Waals surface area contributed by atoms with Crippen molar-refractivity contribution in [2.24, 2.45) is 5.92 Å². The monoisotopic (exact) mass is 304 g/mol. The lowest BCUT2D eigenvalue weighted by atomic mass is 9.84. The summed E-state index contributed by atoms with van der Waals surface area (Å²) in [5, 5.41) is 8.59. The van der Waals surface area contributed by atoms with Gasteiger partial charge in [-0.25, -0.2) is 9.67 Å². The molecule has 1 heterocycles. The summed E-state index contributed by atoms with van der Waals surface area (Å²) in [6, 6.07) is 6.27. The first-order chi connectivity index (χ1) is 10.2. The largest absolute Gasteiger partial charge is 0.381 e. The Kier molecular flexibility index (Phi) is 4.44. The van der Waals surface area contributed by atoms with Crippen LogP contribution in [0.15, 0.2) is 30.9 Å². The van der Waals surface area contributed by atoms with Gasteiger partial charge in [0, 0.05) is 11.1 Å². The molecule has 4 nitrogen and oxygen atoms in total. The van der Waals surface area contributed by atoms with Crippen molar-refractivity contribution >= 4 is 17.3 Å². The molecule has 1 aliphatic carbocycles. The Morgan fingerprint density at radius 3 is 2.81 bits per heavy atom. The van der Waals surface area contributed by atoms with Gasteiger partial charge in [0.05, 0.1) is 11.4 Å². The summed E-state index contributed by atoms with van der Waals surface area (Å²) in [4.78, 5) is 4.02. The van der Waals surface area contributed by atoms with Crippen molar-refractivity contribution in [3.8, 4) is 5.69 Å². The maximum Gasteiger partial charge on any atom is 0.138 e. The first-order valence-corrected chi connectivity index (χ1v) is 8.03. The molecule has 0 bridgehead atoms. The van der Waals surface area contributed by atoms with Crippen LogP contribution in [0, 0.1) is 5.92 Å². The number of halogens is 1. The van der Waals surface area contributed by atoms with Crippen LogP contribution in [-0.2, 0) is 0 Å². The topological polar surface area (TPSA) is 42.7 Å². The van der Waals surface area contributed by atoms with E-state index in [4.69, 9.17) is 11.6 Å². The van der Waals surface area contributed by atoms with E-state index in [0.29, 0.717) is 6.04 Å². The average Bonchev–Trinajstić information content (AvgIpc) is 3.02. The lowest BCUT2D eigenvalue weighted by Crippen LogP contribution is -2.28. The minimum absolute atomic E-state index is 0.436. The Morgan fingerprint density at radius 2 is 2.10 bits per heavy atom. The lowest BCUT2D eigenvalue weighted by Gasteiger charge is -2.29. The van der Waals surface area contributed by atoms with Crippen molar-refractivity contribution in [3.05, 3.63) is 35.9 Å². The maximum atomic E-state index is 6.16. The molecule has 3 rings (SSSR count). The number of anilines is 1. The number of hydrogen-bond acceptors (Lipinski definition) is 3. The van der Waals surface area contributed by atoms with Gasteiger partial charge in [-0.3, -0.25) is 0 Å². The van der Waals surface area contributed by atoms with Crippen LogP contribution in [0.25, 0.3) is 5.69 Å². The zero-order valence-electron chi connectivity index (χ0n) is 12.3. The first-order valence-electron chi connectivity index (χ1n) is 7.65. The second-order valence-corrected chi connectivity index (χ2v) is 6.27. The van der Waals surface area contributed by atoms with Gasteiger partial charge in [-0.2, -0.15) is 5.10 Å². The molecule has 2 aromatic rings. The molecular weight excluding hydrogens is 284 g/mol. The number of benzene rings is 1. The summed E-state index contributed by atoms with van der Waals surface area (Å²) in [6.07, 6.45) is 9.96. The number of aromatic nitrogens is 3. The summed E-state index contributed by atoms with van der Waals surface area (Å²) in [5.41, 5.74) is 2.01. The molecule has 0 amide bonds. The Labute approximate surface area is 130 Å². The highest BCUT2D eigenvalue weighted by atomic mass is 35.5. The third-order valence-corrected chi connectivity index (χ3v) is 4.60. The van der Waals surface area contributed by atoms with Gasteiger partial charge in [0.2, 0.25) is 0 Å². The molecule has 0 spiro atoms. The molecule has 1 aromatic heterocycles. The Hall–Kier alpha value is -1.55. The van der Waals surface area contributed by atoms with E-state index in [2.05, 4.69) is 22.3 Å². The Bertz CT molecular complexity index is 576. The van der Waals surface area contributed by atoms with E-state index in [9.17, 15) is 0 Å². The van der Waals surface area contributed by atoms with Gasteiger partial charge in [-0.1, -0.05) is 30.9 Å². The summed E-state index contributed by atoms with van der Waals surface area (Å²) >= 11 is 6.16. The predicted octanol–water partition coefficient (Wildman–Crippen LogP) is 4.30. The standard InChI is InChI=1S/C16H21ClN4/c1-12(13-5-3-2-4-6-13)20-15-9-14(17)7-8-16(15)21-11-18-10-19-21/h7-13,20H,2-6H2,1H3. The third-order valence-electron chi connectivity index (χ3n) is 4.36. The van der Waals surface area contributed by atoms with Crippen LogP contribution in [0.5, 0.6) is 0 Å². The molecular formula is C16H21ClN4. The SMILES string of the molecule is CC(Nc1cc(Cl)ccc1-n1cncn1)C1CCCCC1. The summed E-state index contributed by atoms with van der Waals surface area (Å²) in [6.45, 7) is 2.27. The lowest BCUT2D eigenvalue weighted by molar-refractivity contribution is 0.328. The normalized spacial score (nSPS) is 17.6. The highest BCUT2D eigenvalue weighted by Crippen LogP contribution is 2.30. The molecule has 21 heavy (non-hydrogen) atoms. The molecule has 1 saturated carbocycles. The van der Waals surface area contributed by atoms with Crippen LogP contribution >= 0.6 is 11.6 Å². The van der Waals surface area contributed by atoms with Crippen LogP contribution in [0.4, 0.5) is 5.69 Å². The van der Waals surface area contributed by atoms with Gasteiger partial charge in [0.25, 0.3) is 0 Å². The molecule has 112 valence electrons. The second kappa shape index (κ2) is 6.48. The van der Waals surface area contributed by atoms with E-state index in [1.165, 1.54) is 32.1 Å². The van der Waals surface area contributed by atoms with Gasteiger partial charge in [-0.05, 0) is 43.9 Å². The van der Waals surface area contributed by atoms with E-state index in [-0.39, 0.29) is 0 Å². The van der Waals surface area contributed by atoms with E-state index < -0.39 is 0 Å². The Morgan fingerprint density at radius 1 is 1.29 bits per heavy atom. The molecule has 1 aliphatic rings. The zero-order valence-corrected chi connectivity index (χ0v) is 13.1. The van der Waals surface area contributed by atoms with Crippen LogP contribution in [0.1, 0.15) is 39.0 Å². The maximum absolute atomic E-state index is 6.16. The Balaban J connectivity index is 1.82. The minimum atomic E-state index is 0.436. The van der Waals surface area contributed by atoms with E-state index >= 15 is 0 Å². The molecule has 1 N–H and O–H groups in total. The first kappa shape index (κ1) is 14.4. The highest BCUT2D eigenvalue weighted by Gasteiger charge is 2.21. The molecule has 1 aromatic carbocycles.